The number of ether oxygens (including phenoxy) is 1. The highest BCUT2D eigenvalue weighted by Crippen LogP contribution is 2.12. The topological polar surface area (TPSA) is 55.6 Å². The fraction of sp³-hybridized carbons (Fsp3) is 0.917. The van der Waals surface area contributed by atoms with E-state index in [0.29, 0.717) is 6.54 Å². The van der Waals surface area contributed by atoms with Crippen LogP contribution in [-0.4, -0.2) is 42.6 Å². The summed E-state index contributed by atoms with van der Waals surface area (Å²) in [6.45, 7) is 8.27. The zero-order valence-electron chi connectivity index (χ0n) is 10.6. The maximum absolute atomic E-state index is 12.1. The predicted octanol–water partition coefficient (Wildman–Crippen LogP) is 0.997. The largest absolute Gasteiger partial charge is 0.377 e. The van der Waals surface area contributed by atoms with Crippen LogP contribution in [-0.2, 0) is 9.53 Å². The standard InChI is InChI=1S/C12H24N2O2/c1-4-9(2)11(13)12(15)14-6-5-7-16-10(3)8-14/h9-11H,4-8,13H2,1-3H3/t9-,10?,11-/m0/s1. The zero-order valence-corrected chi connectivity index (χ0v) is 10.6. The van der Waals surface area contributed by atoms with Crippen LogP contribution in [0.4, 0.5) is 0 Å². The summed E-state index contributed by atoms with van der Waals surface area (Å²) in [4.78, 5) is 14.0. The normalized spacial score (nSPS) is 26.0. The van der Waals surface area contributed by atoms with Gasteiger partial charge in [-0.1, -0.05) is 20.3 Å². The molecular formula is C12H24N2O2. The molecule has 0 radical (unpaired) electrons. The molecule has 1 fully saturated rings. The molecule has 1 amide bonds. The highest BCUT2D eigenvalue weighted by Gasteiger charge is 2.27. The number of hydrogen-bond donors (Lipinski definition) is 1. The summed E-state index contributed by atoms with van der Waals surface area (Å²) in [6, 6.07) is -0.365. The summed E-state index contributed by atoms with van der Waals surface area (Å²) in [6.07, 6.45) is 1.96. The average molecular weight is 228 g/mol. The first-order valence-electron chi connectivity index (χ1n) is 6.22. The molecule has 0 bridgehead atoms. The first-order valence-corrected chi connectivity index (χ1v) is 6.22. The van der Waals surface area contributed by atoms with Crippen LogP contribution in [0.1, 0.15) is 33.6 Å². The van der Waals surface area contributed by atoms with E-state index in [4.69, 9.17) is 10.5 Å². The van der Waals surface area contributed by atoms with Gasteiger partial charge in [-0.05, 0) is 19.3 Å². The lowest BCUT2D eigenvalue weighted by Gasteiger charge is -2.27. The fourth-order valence-corrected chi connectivity index (χ4v) is 1.90. The summed E-state index contributed by atoms with van der Waals surface area (Å²) >= 11 is 0. The van der Waals surface area contributed by atoms with Crippen LogP contribution in [0.3, 0.4) is 0 Å². The lowest BCUT2D eigenvalue weighted by Crippen LogP contribution is -2.48. The molecule has 3 atom stereocenters. The second kappa shape index (κ2) is 6.21. The molecule has 0 aromatic carbocycles. The van der Waals surface area contributed by atoms with Gasteiger partial charge in [0.25, 0.3) is 0 Å². The van der Waals surface area contributed by atoms with Crippen molar-refractivity contribution in [3.8, 4) is 0 Å². The van der Waals surface area contributed by atoms with Crippen molar-refractivity contribution in [2.24, 2.45) is 11.7 Å². The molecule has 0 aliphatic carbocycles. The molecule has 1 unspecified atom stereocenters. The summed E-state index contributed by atoms with van der Waals surface area (Å²) in [5.41, 5.74) is 5.97. The second-order valence-corrected chi connectivity index (χ2v) is 4.73. The average Bonchev–Trinajstić information content (AvgIpc) is 2.50. The number of amides is 1. The van der Waals surface area contributed by atoms with Gasteiger partial charge in [0.15, 0.2) is 0 Å². The number of carbonyl (C=O) groups excluding carboxylic acids is 1. The predicted molar refractivity (Wildman–Crippen MR) is 64.0 cm³/mol. The molecule has 16 heavy (non-hydrogen) atoms. The van der Waals surface area contributed by atoms with Crippen molar-refractivity contribution in [2.75, 3.05) is 19.7 Å². The lowest BCUT2D eigenvalue weighted by atomic mass is 9.99. The fourth-order valence-electron chi connectivity index (χ4n) is 1.90. The minimum Gasteiger partial charge on any atom is -0.377 e. The Balaban J connectivity index is 2.57. The van der Waals surface area contributed by atoms with Gasteiger partial charge in [-0.25, -0.2) is 0 Å². The van der Waals surface area contributed by atoms with E-state index < -0.39 is 0 Å². The van der Waals surface area contributed by atoms with Gasteiger partial charge in [-0.3, -0.25) is 4.79 Å². The molecule has 1 rings (SSSR count). The third-order valence-corrected chi connectivity index (χ3v) is 3.31. The molecule has 4 nitrogen and oxygen atoms in total. The van der Waals surface area contributed by atoms with E-state index in [9.17, 15) is 4.79 Å². The second-order valence-electron chi connectivity index (χ2n) is 4.73. The maximum atomic E-state index is 12.1. The van der Waals surface area contributed by atoms with Crippen molar-refractivity contribution >= 4 is 5.91 Å². The van der Waals surface area contributed by atoms with Crippen LogP contribution in [0.2, 0.25) is 0 Å². The summed E-state index contributed by atoms with van der Waals surface area (Å²) < 4.78 is 5.52. The van der Waals surface area contributed by atoms with Gasteiger partial charge in [0, 0.05) is 19.7 Å². The summed E-state index contributed by atoms with van der Waals surface area (Å²) in [5.74, 6) is 0.318. The van der Waals surface area contributed by atoms with Crippen LogP contribution in [0.15, 0.2) is 0 Å². The Kier molecular flexibility index (Phi) is 5.22. The number of rotatable bonds is 3. The molecule has 1 aliphatic rings. The first-order chi connectivity index (χ1) is 7.56. The van der Waals surface area contributed by atoms with E-state index in [1.165, 1.54) is 0 Å². The van der Waals surface area contributed by atoms with Gasteiger partial charge in [-0.2, -0.15) is 0 Å². The number of hydrogen-bond acceptors (Lipinski definition) is 3. The molecule has 94 valence electrons. The third-order valence-electron chi connectivity index (χ3n) is 3.31. The van der Waals surface area contributed by atoms with Crippen LogP contribution in [0, 0.1) is 5.92 Å². The maximum Gasteiger partial charge on any atom is 0.239 e. The summed E-state index contributed by atoms with van der Waals surface area (Å²) in [7, 11) is 0. The lowest BCUT2D eigenvalue weighted by molar-refractivity contribution is -0.134. The molecule has 1 saturated heterocycles. The van der Waals surface area contributed by atoms with Crippen molar-refractivity contribution in [2.45, 2.75) is 45.8 Å². The van der Waals surface area contributed by atoms with E-state index in [2.05, 4.69) is 6.92 Å². The Morgan fingerprint density at radius 1 is 1.62 bits per heavy atom. The Bertz CT molecular complexity index is 233. The van der Waals surface area contributed by atoms with E-state index in [1.807, 2.05) is 18.7 Å². The van der Waals surface area contributed by atoms with Crippen LogP contribution >= 0.6 is 0 Å². The Labute approximate surface area is 98.1 Å². The molecule has 0 spiro atoms. The molecule has 2 N–H and O–H groups in total. The van der Waals surface area contributed by atoms with Gasteiger partial charge >= 0.3 is 0 Å². The van der Waals surface area contributed by atoms with Crippen molar-refractivity contribution in [1.82, 2.24) is 4.90 Å². The van der Waals surface area contributed by atoms with Gasteiger partial charge in [-0.15, -0.1) is 0 Å². The number of nitrogens with two attached hydrogens (primary N) is 1. The van der Waals surface area contributed by atoms with Crippen LogP contribution < -0.4 is 5.73 Å². The zero-order chi connectivity index (χ0) is 12.1. The van der Waals surface area contributed by atoms with Crippen LogP contribution in [0.25, 0.3) is 0 Å². The minimum atomic E-state index is -0.365. The SMILES string of the molecule is CC[C@H](C)[C@H](N)C(=O)N1CCCOC(C)C1. The van der Waals surface area contributed by atoms with Gasteiger partial charge in [0.05, 0.1) is 12.1 Å². The van der Waals surface area contributed by atoms with Crippen molar-refractivity contribution < 1.29 is 9.53 Å². The van der Waals surface area contributed by atoms with Crippen molar-refractivity contribution in [3.63, 3.8) is 0 Å². The van der Waals surface area contributed by atoms with E-state index >= 15 is 0 Å². The summed E-state index contributed by atoms with van der Waals surface area (Å²) in [5, 5.41) is 0. The van der Waals surface area contributed by atoms with Gasteiger partial charge in [0.1, 0.15) is 0 Å². The molecule has 4 heteroatoms. The van der Waals surface area contributed by atoms with Crippen molar-refractivity contribution in [1.29, 1.82) is 0 Å². The van der Waals surface area contributed by atoms with E-state index in [0.717, 1.165) is 26.0 Å². The first kappa shape index (κ1) is 13.5. The van der Waals surface area contributed by atoms with E-state index in [-0.39, 0.29) is 24.0 Å². The molecule has 1 heterocycles. The van der Waals surface area contributed by atoms with Gasteiger partial charge in [0.2, 0.25) is 5.91 Å². The molecule has 0 aromatic heterocycles. The molecule has 0 aromatic rings. The van der Waals surface area contributed by atoms with Crippen LogP contribution in [0.5, 0.6) is 0 Å². The number of carbonyl (C=O) groups is 1. The van der Waals surface area contributed by atoms with E-state index in [1.54, 1.807) is 0 Å². The molecular weight excluding hydrogens is 204 g/mol. The third kappa shape index (κ3) is 3.46. The minimum absolute atomic E-state index is 0.0756. The van der Waals surface area contributed by atoms with Crippen molar-refractivity contribution in [3.05, 3.63) is 0 Å². The Hall–Kier alpha value is -0.610. The van der Waals surface area contributed by atoms with Gasteiger partial charge < -0.3 is 15.4 Å². The highest BCUT2D eigenvalue weighted by atomic mass is 16.5. The smallest absolute Gasteiger partial charge is 0.239 e. The number of nitrogens with zero attached hydrogens (tertiary/aromatic N) is 1. The quantitative estimate of drug-likeness (QED) is 0.784. The molecule has 0 saturated carbocycles. The Morgan fingerprint density at radius 2 is 2.31 bits per heavy atom. The monoisotopic (exact) mass is 228 g/mol. The molecule has 1 aliphatic heterocycles. The Morgan fingerprint density at radius 3 is 2.94 bits per heavy atom. The highest BCUT2D eigenvalue weighted by molar-refractivity contribution is 5.82.